The number of nitrogens with one attached hydrogen (secondary N) is 1. The molecule has 3 heterocycles. The lowest BCUT2D eigenvalue weighted by Gasteiger charge is -2.27. The van der Waals surface area contributed by atoms with Crippen LogP contribution in [-0.4, -0.2) is 30.4 Å². The summed E-state index contributed by atoms with van der Waals surface area (Å²) in [5, 5.41) is 26.5. The molecule has 0 saturated heterocycles. The standard InChI is InChI=1S/C23H17N7O/c1-14-19(22-26-25-21(31-22)16-9-3-2-4-10-16)20(30-23(24-14)27-28-29-30)18-13-7-11-15-8-5-6-12-17(15)18/h2-13,20H,1H3,(H,24,27,29). The molecule has 5 aromatic rings. The van der Waals surface area contributed by atoms with Crippen molar-refractivity contribution in [1.29, 1.82) is 0 Å². The van der Waals surface area contributed by atoms with Crippen molar-refractivity contribution in [1.82, 2.24) is 30.4 Å². The average molecular weight is 407 g/mol. The molecule has 1 unspecified atom stereocenters. The third-order valence-corrected chi connectivity index (χ3v) is 5.51. The van der Waals surface area contributed by atoms with Gasteiger partial charge in [0.1, 0.15) is 6.04 Å². The monoisotopic (exact) mass is 407 g/mol. The zero-order valence-corrected chi connectivity index (χ0v) is 16.6. The topological polar surface area (TPSA) is 94.5 Å². The minimum Gasteiger partial charge on any atom is -0.416 e. The first kappa shape index (κ1) is 17.5. The third-order valence-electron chi connectivity index (χ3n) is 5.51. The van der Waals surface area contributed by atoms with Gasteiger partial charge in [-0.1, -0.05) is 65.8 Å². The van der Waals surface area contributed by atoms with Gasteiger partial charge in [0.05, 0.1) is 5.57 Å². The molecule has 8 heteroatoms. The quantitative estimate of drug-likeness (QED) is 0.476. The highest BCUT2D eigenvalue weighted by Gasteiger charge is 2.34. The number of fused-ring (bicyclic) bond motifs is 2. The Kier molecular flexibility index (Phi) is 3.89. The summed E-state index contributed by atoms with van der Waals surface area (Å²) in [6.45, 7) is 1.97. The second-order valence-electron chi connectivity index (χ2n) is 7.36. The largest absolute Gasteiger partial charge is 0.416 e. The van der Waals surface area contributed by atoms with Crippen LogP contribution in [0.5, 0.6) is 0 Å². The van der Waals surface area contributed by atoms with Crippen LogP contribution in [-0.2, 0) is 0 Å². The van der Waals surface area contributed by atoms with E-state index in [9.17, 15) is 0 Å². The summed E-state index contributed by atoms with van der Waals surface area (Å²) in [5.74, 6) is 1.47. The SMILES string of the molecule is CC1=C(c2nnc(-c3ccccc3)o2)C(c2cccc3ccccc23)n2nnnc2N1. The average Bonchev–Trinajstić information content (AvgIpc) is 3.48. The highest BCUT2D eigenvalue weighted by Crippen LogP contribution is 2.42. The van der Waals surface area contributed by atoms with Crippen LogP contribution in [0.3, 0.4) is 0 Å². The Morgan fingerprint density at radius 1 is 0.839 bits per heavy atom. The summed E-state index contributed by atoms with van der Waals surface area (Å²) >= 11 is 0. The number of hydrogen-bond acceptors (Lipinski definition) is 7. The van der Waals surface area contributed by atoms with Crippen LogP contribution in [0.15, 0.2) is 82.9 Å². The van der Waals surface area contributed by atoms with E-state index in [2.05, 4.69) is 55.3 Å². The van der Waals surface area contributed by atoms with Gasteiger partial charge in [0, 0.05) is 11.3 Å². The first-order valence-electron chi connectivity index (χ1n) is 9.92. The Labute approximate surface area is 177 Å². The summed E-state index contributed by atoms with van der Waals surface area (Å²) in [7, 11) is 0. The third kappa shape index (κ3) is 2.80. The number of tetrazole rings is 1. The Hall–Kier alpha value is -4.33. The molecular weight excluding hydrogens is 390 g/mol. The fourth-order valence-corrected chi connectivity index (χ4v) is 4.10. The molecule has 1 N–H and O–H groups in total. The summed E-state index contributed by atoms with van der Waals surface area (Å²) in [6, 6.07) is 23.9. The van der Waals surface area contributed by atoms with Crippen molar-refractivity contribution in [2.24, 2.45) is 0 Å². The lowest BCUT2D eigenvalue weighted by atomic mass is 9.91. The predicted octanol–water partition coefficient (Wildman–Crippen LogP) is 4.32. The lowest BCUT2D eigenvalue weighted by Crippen LogP contribution is -2.24. The number of hydrogen-bond donors (Lipinski definition) is 1. The van der Waals surface area contributed by atoms with E-state index in [1.807, 2.05) is 55.5 Å². The molecular formula is C23H17N7O. The normalized spacial score (nSPS) is 15.7. The number of rotatable bonds is 3. The smallest absolute Gasteiger partial charge is 0.248 e. The predicted molar refractivity (Wildman–Crippen MR) is 116 cm³/mol. The van der Waals surface area contributed by atoms with Gasteiger partial charge < -0.3 is 9.73 Å². The number of nitrogens with zero attached hydrogens (tertiary/aromatic N) is 6. The van der Waals surface area contributed by atoms with E-state index < -0.39 is 0 Å². The molecule has 8 nitrogen and oxygen atoms in total. The van der Waals surface area contributed by atoms with Crippen molar-refractivity contribution in [2.75, 3.05) is 5.32 Å². The van der Waals surface area contributed by atoms with Gasteiger partial charge in [-0.2, -0.15) is 4.68 Å². The second-order valence-corrected chi connectivity index (χ2v) is 7.36. The van der Waals surface area contributed by atoms with E-state index in [0.717, 1.165) is 33.2 Å². The molecule has 3 aromatic carbocycles. The maximum atomic E-state index is 6.13. The van der Waals surface area contributed by atoms with Gasteiger partial charge in [-0.25, -0.2) is 0 Å². The van der Waals surface area contributed by atoms with E-state index in [-0.39, 0.29) is 6.04 Å². The van der Waals surface area contributed by atoms with Crippen molar-refractivity contribution in [3.63, 3.8) is 0 Å². The number of benzene rings is 3. The van der Waals surface area contributed by atoms with Crippen LogP contribution in [0.1, 0.15) is 24.4 Å². The van der Waals surface area contributed by atoms with Gasteiger partial charge in [-0.3, -0.25) is 0 Å². The number of aromatic nitrogens is 6. The summed E-state index contributed by atoms with van der Waals surface area (Å²) in [6.07, 6.45) is 0. The maximum Gasteiger partial charge on any atom is 0.248 e. The molecule has 6 rings (SSSR count). The Balaban J connectivity index is 1.56. The number of anilines is 1. The molecule has 150 valence electrons. The van der Waals surface area contributed by atoms with E-state index >= 15 is 0 Å². The molecule has 0 fully saturated rings. The fraction of sp³-hybridized carbons (Fsp3) is 0.0870. The van der Waals surface area contributed by atoms with Crippen molar-refractivity contribution in [2.45, 2.75) is 13.0 Å². The fourth-order valence-electron chi connectivity index (χ4n) is 4.10. The number of allylic oxidation sites excluding steroid dienone is 2. The molecule has 1 aliphatic heterocycles. The zero-order valence-electron chi connectivity index (χ0n) is 16.6. The van der Waals surface area contributed by atoms with Gasteiger partial charge in [-0.15, -0.1) is 10.2 Å². The molecule has 1 aliphatic rings. The van der Waals surface area contributed by atoms with Crippen LogP contribution in [0.2, 0.25) is 0 Å². The van der Waals surface area contributed by atoms with Crippen molar-refractivity contribution in [3.05, 3.63) is 89.9 Å². The highest BCUT2D eigenvalue weighted by molar-refractivity contribution is 5.89. The second kappa shape index (κ2) is 6.88. The van der Waals surface area contributed by atoms with E-state index in [1.54, 1.807) is 4.68 Å². The molecule has 1 atom stereocenters. The first-order chi connectivity index (χ1) is 15.3. The van der Waals surface area contributed by atoms with Gasteiger partial charge in [0.15, 0.2) is 0 Å². The molecule has 0 saturated carbocycles. The van der Waals surface area contributed by atoms with Crippen molar-refractivity contribution < 1.29 is 4.42 Å². The van der Waals surface area contributed by atoms with Gasteiger partial charge >= 0.3 is 0 Å². The molecule has 0 aliphatic carbocycles. The summed E-state index contributed by atoms with van der Waals surface area (Å²) in [5.41, 5.74) is 3.63. The zero-order chi connectivity index (χ0) is 20.8. The van der Waals surface area contributed by atoms with Crippen LogP contribution in [0.4, 0.5) is 5.95 Å². The summed E-state index contributed by atoms with van der Waals surface area (Å²) in [4.78, 5) is 0. The lowest BCUT2D eigenvalue weighted by molar-refractivity contribution is 0.525. The van der Waals surface area contributed by atoms with Crippen molar-refractivity contribution in [3.8, 4) is 11.5 Å². The van der Waals surface area contributed by atoms with Gasteiger partial charge in [0.25, 0.3) is 0 Å². The van der Waals surface area contributed by atoms with E-state index in [4.69, 9.17) is 4.42 Å². The van der Waals surface area contributed by atoms with Crippen LogP contribution < -0.4 is 5.32 Å². The Morgan fingerprint density at radius 2 is 1.61 bits per heavy atom. The Morgan fingerprint density at radius 3 is 2.52 bits per heavy atom. The van der Waals surface area contributed by atoms with Gasteiger partial charge in [-0.05, 0) is 45.8 Å². The maximum absolute atomic E-state index is 6.13. The van der Waals surface area contributed by atoms with Gasteiger partial charge in [0.2, 0.25) is 17.7 Å². The minimum absolute atomic E-state index is 0.318. The minimum atomic E-state index is -0.318. The van der Waals surface area contributed by atoms with Crippen LogP contribution >= 0.6 is 0 Å². The summed E-state index contributed by atoms with van der Waals surface area (Å²) < 4.78 is 7.89. The molecule has 0 spiro atoms. The highest BCUT2D eigenvalue weighted by atomic mass is 16.4. The van der Waals surface area contributed by atoms with E-state index in [1.165, 1.54) is 0 Å². The Bertz CT molecular complexity index is 1430. The molecule has 0 bridgehead atoms. The first-order valence-corrected chi connectivity index (χ1v) is 9.92. The molecule has 0 amide bonds. The molecule has 31 heavy (non-hydrogen) atoms. The van der Waals surface area contributed by atoms with Crippen LogP contribution in [0.25, 0.3) is 27.8 Å². The van der Waals surface area contributed by atoms with E-state index in [0.29, 0.717) is 17.7 Å². The molecule has 0 radical (unpaired) electrons. The molecule has 2 aromatic heterocycles. The van der Waals surface area contributed by atoms with Crippen LogP contribution in [0, 0.1) is 0 Å². The van der Waals surface area contributed by atoms with Crippen molar-refractivity contribution >= 4 is 22.3 Å².